The topological polar surface area (TPSA) is 30.0 Å². The van der Waals surface area contributed by atoms with Gasteiger partial charge in [0, 0.05) is 6.20 Å². The minimum atomic E-state index is -0.327. The minimum Gasteiger partial charge on any atom is -0.286 e. The van der Waals surface area contributed by atoms with Gasteiger partial charge in [0.25, 0.3) is 0 Å². The summed E-state index contributed by atoms with van der Waals surface area (Å²) in [7, 11) is 0. The lowest BCUT2D eigenvalue weighted by atomic mass is 10.2. The molecule has 2 nitrogen and oxygen atoms in total. The van der Waals surface area contributed by atoms with E-state index >= 15 is 0 Å². The first-order valence-corrected chi connectivity index (χ1v) is 3.40. The fraction of sp³-hybridized carbons (Fsp3) is 0. The van der Waals surface area contributed by atoms with Crippen LogP contribution in [-0.4, -0.2) is 10.8 Å². The van der Waals surface area contributed by atoms with Crippen LogP contribution in [0.5, 0.6) is 0 Å². The maximum absolute atomic E-state index is 11.1. The summed E-state index contributed by atoms with van der Waals surface area (Å²) in [5.74, 6) is -0.327. The van der Waals surface area contributed by atoms with Crippen LogP contribution in [-0.2, 0) is 0 Å². The first-order chi connectivity index (χ1) is 5.22. The van der Waals surface area contributed by atoms with E-state index in [0.717, 1.165) is 0 Å². The lowest BCUT2D eigenvalue weighted by molar-refractivity contribution is 0.103. The van der Waals surface area contributed by atoms with Crippen molar-refractivity contribution in [1.29, 1.82) is 0 Å². The number of Topliss-reactive ketones (excluding diaryl/α,β-unsaturated/α-hetero) is 1. The van der Waals surface area contributed by atoms with Gasteiger partial charge in [-0.25, -0.2) is 0 Å². The van der Waals surface area contributed by atoms with E-state index < -0.39 is 0 Å². The number of halogens is 1. The van der Waals surface area contributed by atoms with E-state index in [1.165, 1.54) is 6.20 Å². The summed E-state index contributed by atoms with van der Waals surface area (Å²) in [4.78, 5) is 14.9. The zero-order valence-electron chi connectivity index (χ0n) is 5.75. The van der Waals surface area contributed by atoms with Crippen molar-refractivity contribution in [2.24, 2.45) is 0 Å². The molecule has 1 heterocycles. The molecule has 0 radical (unpaired) electrons. The van der Waals surface area contributed by atoms with E-state index in [1.807, 2.05) is 0 Å². The third kappa shape index (κ3) is 1.88. The van der Waals surface area contributed by atoms with Crippen molar-refractivity contribution >= 4 is 17.4 Å². The molecule has 0 N–H and O–H groups in total. The Morgan fingerprint density at radius 2 is 2.27 bits per heavy atom. The molecule has 0 fully saturated rings. The fourth-order valence-electron chi connectivity index (χ4n) is 0.636. The lowest BCUT2D eigenvalue weighted by Gasteiger charge is -1.93. The highest BCUT2D eigenvalue weighted by molar-refractivity contribution is 6.44. The highest BCUT2D eigenvalue weighted by Crippen LogP contribution is 2.06. The van der Waals surface area contributed by atoms with Crippen LogP contribution in [0.4, 0.5) is 0 Å². The maximum Gasteiger partial charge on any atom is 0.222 e. The Bertz CT molecular complexity index is 281. The number of rotatable bonds is 2. The Hall–Kier alpha value is -1.15. The Kier molecular flexibility index (Phi) is 2.39. The number of hydrogen-bond donors (Lipinski definition) is 0. The Balaban J connectivity index is 2.95. The van der Waals surface area contributed by atoms with Crippen LogP contribution in [0, 0.1) is 0 Å². The molecular formula is C8H6ClNO. The van der Waals surface area contributed by atoms with E-state index in [1.54, 1.807) is 18.2 Å². The quantitative estimate of drug-likeness (QED) is 0.498. The summed E-state index contributed by atoms with van der Waals surface area (Å²) in [6.07, 6.45) is 1.53. The highest BCUT2D eigenvalue weighted by atomic mass is 35.5. The third-order valence-electron chi connectivity index (χ3n) is 1.14. The van der Waals surface area contributed by atoms with Crippen LogP contribution in [0.3, 0.4) is 0 Å². The third-order valence-corrected chi connectivity index (χ3v) is 1.32. The van der Waals surface area contributed by atoms with E-state index in [0.29, 0.717) is 5.69 Å². The predicted octanol–water partition coefficient (Wildman–Crippen LogP) is 2.02. The summed E-state index contributed by atoms with van der Waals surface area (Å²) >= 11 is 5.38. The first-order valence-electron chi connectivity index (χ1n) is 3.02. The second kappa shape index (κ2) is 3.30. The van der Waals surface area contributed by atoms with Crippen LogP contribution in [0.2, 0.25) is 0 Å². The SMILES string of the molecule is C=C(Cl)C(=O)c1ccccn1. The zero-order valence-corrected chi connectivity index (χ0v) is 6.51. The molecule has 0 amide bonds. The smallest absolute Gasteiger partial charge is 0.222 e. The largest absolute Gasteiger partial charge is 0.286 e. The standard InChI is InChI=1S/C8H6ClNO/c1-6(9)8(11)7-4-2-3-5-10-7/h2-5H,1H2. The summed E-state index contributed by atoms with van der Waals surface area (Å²) < 4.78 is 0. The van der Waals surface area contributed by atoms with Crippen molar-refractivity contribution < 1.29 is 4.79 Å². The van der Waals surface area contributed by atoms with Gasteiger partial charge in [-0.05, 0) is 12.1 Å². The average Bonchev–Trinajstić information content (AvgIpc) is 2.05. The normalized spacial score (nSPS) is 9.18. The van der Waals surface area contributed by atoms with Gasteiger partial charge in [-0.15, -0.1) is 0 Å². The summed E-state index contributed by atoms with van der Waals surface area (Å²) in [5, 5.41) is -0.0105. The monoisotopic (exact) mass is 167 g/mol. The van der Waals surface area contributed by atoms with Crippen molar-refractivity contribution in [3.8, 4) is 0 Å². The number of hydrogen-bond acceptors (Lipinski definition) is 2. The molecule has 11 heavy (non-hydrogen) atoms. The van der Waals surface area contributed by atoms with Crippen molar-refractivity contribution in [3.63, 3.8) is 0 Å². The van der Waals surface area contributed by atoms with Gasteiger partial charge in [0.05, 0.1) is 5.03 Å². The number of nitrogens with zero attached hydrogens (tertiary/aromatic N) is 1. The lowest BCUT2D eigenvalue weighted by Crippen LogP contribution is -1.99. The predicted molar refractivity (Wildman–Crippen MR) is 43.6 cm³/mol. The second-order valence-corrected chi connectivity index (χ2v) is 2.41. The summed E-state index contributed by atoms with van der Waals surface area (Å²) in [6, 6.07) is 5.05. The molecule has 0 saturated carbocycles. The summed E-state index contributed by atoms with van der Waals surface area (Å²) in [6.45, 7) is 3.31. The molecule has 0 spiro atoms. The van der Waals surface area contributed by atoms with Crippen molar-refractivity contribution in [2.45, 2.75) is 0 Å². The van der Waals surface area contributed by atoms with Crippen molar-refractivity contribution in [2.75, 3.05) is 0 Å². The molecule has 0 aromatic carbocycles. The van der Waals surface area contributed by atoms with E-state index in [9.17, 15) is 4.79 Å². The molecule has 0 saturated heterocycles. The maximum atomic E-state index is 11.1. The Morgan fingerprint density at radius 3 is 2.73 bits per heavy atom. The van der Waals surface area contributed by atoms with Gasteiger partial charge in [0.15, 0.2) is 0 Å². The van der Waals surface area contributed by atoms with Crippen LogP contribution in [0.15, 0.2) is 36.0 Å². The van der Waals surface area contributed by atoms with Crippen molar-refractivity contribution in [1.82, 2.24) is 4.98 Å². The number of ketones is 1. The number of allylic oxidation sites excluding steroid dienone is 1. The minimum absolute atomic E-state index is 0.0105. The number of aromatic nitrogens is 1. The van der Waals surface area contributed by atoms with Gasteiger partial charge in [-0.2, -0.15) is 0 Å². The highest BCUT2D eigenvalue weighted by Gasteiger charge is 2.07. The summed E-state index contributed by atoms with van der Waals surface area (Å²) in [5.41, 5.74) is 0.326. The Morgan fingerprint density at radius 1 is 1.55 bits per heavy atom. The van der Waals surface area contributed by atoms with Gasteiger partial charge in [-0.1, -0.05) is 24.2 Å². The van der Waals surface area contributed by atoms with Crippen LogP contribution < -0.4 is 0 Å². The molecule has 1 aromatic heterocycles. The molecule has 0 unspecified atom stereocenters. The van der Waals surface area contributed by atoms with Crippen LogP contribution in [0.1, 0.15) is 10.5 Å². The van der Waals surface area contributed by atoms with Gasteiger partial charge in [0.2, 0.25) is 5.78 Å². The molecule has 1 rings (SSSR count). The number of pyridine rings is 1. The van der Waals surface area contributed by atoms with Gasteiger partial charge in [-0.3, -0.25) is 9.78 Å². The fourth-order valence-corrected chi connectivity index (χ4v) is 0.733. The van der Waals surface area contributed by atoms with Gasteiger partial charge >= 0.3 is 0 Å². The van der Waals surface area contributed by atoms with Crippen molar-refractivity contribution in [3.05, 3.63) is 41.7 Å². The van der Waals surface area contributed by atoms with Crippen LogP contribution >= 0.6 is 11.6 Å². The van der Waals surface area contributed by atoms with E-state index in [-0.39, 0.29) is 10.8 Å². The molecule has 0 aliphatic heterocycles. The van der Waals surface area contributed by atoms with E-state index in [4.69, 9.17) is 11.6 Å². The molecule has 3 heteroatoms. The van der Waals surface area contributed by atoms with Gasteiger partial charge in [0.1, 0.15) is 5.69 Å². The number of carbonyl (C=O) groups is 1. The number of carbonyl (C=O) groups excluding carboxylic acids is 1. The van der Waals surface area contributed by atoms with E-state index in [2.05, 4.69) is 11.6 Å². The second-order valence-electron chi connectivity index (χ2n) is 1.95. The van der Waals surface area contributed by atoms with Crippen LogP contribution in [0.25, 0.3) is 0 Å². The Labute approximate surface area is 69.5 Å². The zero-order chi connectivity index (χ0) is 8.27. The molecule has 0 bridgehead atoms. The van der Waals surface area contributed by atoms with Gasteiger partial charge < -0.3 is 0 Å². The average molecular weight is 168 g/mol. The molecule has 0 aliphatic carbocycles. The molecule has 1 aromatic rings. The first kappa shape index (κ1) is 7.95. The molecular weight excluding hydrogens is 162 g/mol. The molecule has 0 atom stereocenters. The molecule has 0 aliphatic rings. The molecule has 56 valence electrons.